The van der Waals surface area contributed by atoms with Crippen LogP contribution in [0.2, 0.25) is 0 Å². The smallest absolute Gasteiger partial charge is 0.223 e. The topological polar surface area (TPSA) is 62.5 Å². The number of anilines is 1. The second-order valence-corrected chi connectivity index (χ2v) is 8.00. The van der Waals surface area contributed by atoms with Crippen LogP contribution in [-0.2, 0) is 17.9 Å². The molecule has 3 heterocycles. The molecule has 2 fully saturated rings. The zero-order valence-corrected chi connectivity index (χ0v) is 15.7. The van der Waals surface area contributed by atoms with Gasteiger partial charge in [-0.05, 0) is 55.1 Å². The van der Waals surface area contributed by atoms with Gasteiger partial charge in [0.1, 0.15) is 5.82 Å². The van der Waals surface area contributed by atoms with E-state index in [1.165, 1.54) is 12.1 Å². The molecular formula is C21H24F2N4O. The van der Waals surface area contributed by atoms with Gasteiger partial charge in [-0.3, -0.25) is 9.69 Å². The van der Waals surface area contributed by atoms with Gasteiger partial charge in [0.2, 0.25) is 5.91 Å². The Morgan fingerprint density at radius 1 is 1.11 bits per heavy atom. The molecule has 0 atom stereocenters. The van der Waals surface area contributed by atoms with E-state index in [-0.39, 0.29) is 11.3 Å². The van der Waals surface area contributed by atoms with E-state index in [0.29, 0.717) is 30.9 Å². The Kier molecular flexibility index (Phi) is 5.02. The lowest BCUT2D eigenvalue weighted by Crippen LogP contribution is -2.41. The minimum Gasteiger partial charge on any atom is -0.383 e. The Morgan fingerprint density at radius 3 is 2.61 bits per heavy atom. The number of nitrogens with zero attached hydrogens (tertiary/aromatic N) is 3. The van der Waals surface area contributed by atoms with Gasteiger partial charge >= 0.3 is 0 Å². The van der Waals surface area contributed by atoms with Crippen LogP contribution in [-0.4, -0.2) is 40.3 Å². The molecule has 28 heavy (non-hydrogen) atoms. The maximum absolute atomic E-state index is 13.5. The van der Waals surface area contributed by atoms with Crippen molar-refractivity contribution in [2.45, 2.75) is 32.4 Å². The van der Waals surface area contributed by atoms with Crippen molar-refractivity contribution in [2.24, 2.45) is 5.41 Å². The summed E-state index contributed by atoms with van der Waals surface area (Å²) in [6.45, 7) is 3.57. The van der Waals surface area contributed by atoms with Crippen molar-refractivity contribution in [3.8, 4) is 0 Å². The van der Waals surface area contributed by atoms with Crippen molar-refractivity contribution in [1.29, 1.82) is 0 Å². The van der Waals surface area contributed by atoms with Gasteiger partial charge in [0.05, 0.1) is 0 Å². The summed E-state index contributed by atoms with van der Waals surface area (Å²) in [5, 5.41) is 0. The van der Waals surface area contributed by atoms with Crippen LogP contribution < -0.4 is 5.73 Å². The summed E-state index contributed by atoms with van der Waals surface area (Å²) >= 11 is 0. The molecule has 0 radical (unpaired) electrons. The van der Waals surface area contributed by atoms with Gasteiger partial charge in [-0.25, -0.2) is 13.8 Å². The first-order chi connectivity index (χ1) is 13.4. The second kappa shape index (κ2) is 7.47. The Bertz CT molecular complexity index is 880. The number of likely N-dealkylation sites (tertiary alicyclic amines) is 2. The van der Waals surface area contributed by atoms with Crippen molar-refractivity contribution < 1.29 is 13.6 Å². The Balaban J connectivity index is 1.36. The number of rotatable bonds is 4. The second-order valence-electron chi connectivity index (χ2n) is 8.00. The number of piperidine rings is 1. The lowest BCUT2D eigenvalue weighted by Gasteiger charge is -2.39. The number of benzene rings is 1. The summed E-state index contributed by atoms with van der Waals surface area (Å²) in [5.74, 6) is -1.08. The average Bonchev–Trinajstić information content (AvgIpc) is 2.97. The number of carbonyl (C=O) groups is 1. The Hall–Kier alpha value is -2.54. The number of amides is 1. The maximum atomic E-state index is 13.5. The number of hydrogen-bond donors (Lipinski definition) is 1. The minimum absolute atomic E-state index is 0.0212. The highest BCUT2D eigenvalue weighted by Gasteiger charge is 2.44. The van der Waals surface area contributed by atoms with Crippen LogP contribution in [0.1, 0.15) is 30.4 Å². The van der Waals surface area contributed by atoms with Crippen molar-refractivity contribution in [3.05, 3.63) is 59.3 Å². The number of pyridine rings is 1. The molecule has 0 saturated carbocycles. The zero-order chi connectivity index (χ0) is 19.7. The first-order valence-electron chi connectivity index (χ1n) is 9.58. The standard InChI is InChI=1S/C21H24F2N4O/c22-17-4-3-15(10-18(17)23)12-27-14-21(11-19(27)28)5-8-26(9-6-21)13-16-2-1-7-25-20(16)24/h1-4,7,10H,5-6,8-9,11-14H2,(H2,24,25). The van der Waals surface area contributed by atoms with Crippen molar-refractivity contribution >= 4 is 11.7 Å². The summed E-state index contributed by atoms with van der Waals surface area (Å²) in [6.07, 6.45) is 4.09. The van der Waals surface area contributed by atoms with Crippen molar-refractivity contribution in [1.82, 2.24) is 14.8 Å². The molecule has 1 aromatic carbocycles. The Labute approximate surface area is 163 Å². The third-order valence-electron chi connectivity index (χ3n) is 6.00. The Morgan fingerprint density at radius 2 is 1.89 bits per heavy atom. The van der Waals surface area contributed by atoms with Crippen LogP contribution >= 0.6 is 0 Å². The van der Waals surface area contributed by atoms with E-state index >= 15 is 0 Å². The molecule has 2 N–H and O–H groups in total. The molecule has 1 aromatic heterocycles. The zero-order valence-electron chi connectivity index (χ0n) is 15.7. The fraction of sp³-hybridized carbons (Fsp3) is 0.429. The van der Waals surface area contributed by atoms with E-state index in [4.69, 9.17) is 5.73 Å². The van der Waals surface area contributed by atoms with Crippen molar-refractivity contribution in [2.75, 3.05) is 25.4 Å². The predicted octanol–water partition coefficient (Wildman–Crippen LogP) is 2.96. The molecule has 2 aliphatic heterocycles. The van der Waals surface area contributed by atoms with Gasteiger partial charge in [0.25, 0.3) is 0 Å². The molecule has 7 heteroatoms. The average molecular weight is 386 g/mol. The summed E-state index contributed by atoms with van der Waals surface area (Å²) in [5.41, 5.74) is 7.57. The SMILES string of the molecule is Nc1ncccc1CN1CCC2(CC1)CC(=O)N(Cc1ccc(F)c(F)c1)C2. The quantitative estimate of drug-likeness (QED) is 0.878. The van der Waals surface area contributed by atoms with E-state index < -0.39 is 11.6 Å². The van der Waals surface area contributed by atoms with Gasteiger partial charge < -0.3 is 10.6 Å². The third-order valence-corrected chi connectivity index (χ3v) is 6.00. The largest absolute Gasteiger partial charge is 0.383 e. The number of aromatic nitrogens is 1. The van der Waals surface area contributed by atoms with Crippen LogP contribution in [0.5, 0.6) is 0 Å². The first-order valence-corrected chi connectivity index (χ1v) is 9.58. The molecule has 148 valence electrons. The number of halogens is 2. The van der Waals surface area contributed by atoms with Crippen LogP contribution in [0.25, 0.3) is 0 Å². The van der Waals surface area contributed by atoms with E-state index in [9.17, 15) is 13.6 Å². The predicted molar refractivity (Wildman–Crippen MR) is 102 cm³/mol. The maximum Gasteiger partial charge on any atom is 0.223 e. The van der Waals surface area contributed by atoms with E-state index in [1.54, 1.807) is 11.1 Å². The molecule has 4 rings (SSSR count). The van der Waals surface area contributed by atoms with Crippen LogP contribution in [0.4, 0.5) is 14.6 Å². The number of carbonyl (C=O) groups excluding carboxylic acids is 1. The number of nitrogen functional groups attached to an aromatic ring is 1. The highest BCUT2D eigenvalue weighted by Crippen LogP contribution is 2.41. The number of nitrogens with two attached hydrogens (primary N) is 1. The van der Waals surface area contributed by atoms with Gasteiger partial charge in [-0.15, -0.1) is 0 Å². The lowest BCUT2D eigenvalue weighted by molar-refractivity contribution is -0.128. The molecule has 1 amide bonds. The normalized spacial score (nSPS) is 19.5. The van der Waals surface area contributed by atoms with Gasteiger partial charge in [0, 0.05) is 37.8 Å². The molecule has 0 unspecified atom stereocenters. The third kappa shape index (κ3) is 3.85. The summed E-state index contributed by atoms with van der Waals surface area (Å²) < 4.78 is 26.6. The molecule has 0 bridgehead atoms. The number of hydrogen-bond acceptors (Lipinski definition) is 4. The molecule has 1 spiro atoms. The van der Waals surface area contributed by atoms with Gasteiger partial charge in [-0.2, -0.15) is 0 Å². The highest BCUT2D eigenvalue weighted by molar-refractivity contribution is 5.79. The fourth-order valence-electron chi connectivity index (χ4n) is 4.33. The summed E-state index contributed by atoms with van der Waals surface area (Å²) in [7, 11) is 0. The lowest BCUT2D eigenvalue weighted by atomic mass is 9.77. The molecule has 2 aliphatic rings. The van der Waals surface area contributed by atoms with E-state index in [1.807, 2.05) is 12.1 Å². The van der Waals surface area contributed by atoms with Crippen LogP contribution in [0.3, 0.4) is 0 Å². The summed E-state index contributed by atoms with van der Waals surface area (Å²) in [4.78, 5) is 20.8. The van der Waals surface area contributed by atoms with Gasteiger partial charge in [-0.1, -0.05) is 12.1 Å². The first kappa shape index (κ1) is 18.8. The minimum atomic E-state index is -0.873. The van der Waals surface area contributed by atoms with E-state index in [2.05, 4.69) is 9.88 Å². The van der Waals surface area contributed by atoms with E-state index in [0.717, 1.165) is 44.1 Å². The molecule has 2 aromatic rings. The summed E-state index contributed by atoms with van der Waals surface area (Å²) in [6, 6.07) is 7.72. The molecule has 0 aliphatic carbocycles. The van der Waals surface area contributed by atoms with Crippen LogP contribution in [0, 0.1) is 17.0 Å². The van der Waals surface area contributed by atoms with Crippen LogP contribution in [0.15, 0.2) is 36.5 Å². The molecule has 5 nitrogen and oxygen atoms in total. The van der Waals surface area contributed by atoms with Crippen molar-refractivity contribution in [3.63, 3.8) is 0 Å². The van der Waals surface area contributed by atoms with Gasteiger partial charge in [0.15, 0.2) is 11.6 Å². The fourth-order valence-corrected chi connectivity index (χ4v) is 4.33. The monoisotopic (exact) mass is 386 g/mol. The molecule has 2 saturated heterocycles. The highest BCUT2D eigenvalue weighted by atomic mass is 19.2. The molecular weight excluding hydrogens is 362 g/mol.